The van der Waals surface area contributed by atoms with Gasteiger partial charge in [-0.1, -0.05) is 18.0 Å². The Morgan fingerprint density at radius 2 is 2.29 bits per heavy atom. The lowest BCUT2D eigenvalue weighted by molar-refractivity contribution is -0.0333. The molecule has 0 amide bonds. The Morgan fingerprint density at radius 1 is 1.57 bits per heavy atom. The molecule has 0 saturated heterocycles. The summed E-state index contributed by atoms with van der Waals surface area (Å²) in [4.78, 5) is 1.19. The second-order valence-corrected chi connectivity index (χ2v) is 6.17. The summed E-state index contributed by atoms with van der Waals surface area (Å²) in [6, 6.07) is 3.92. The highest BCUT2D eigenvalue weighted by molar-refractivity contribution is 7.16. The van der Waals surface area contributed by atoms with Gasteiger partial charge < -0.3 is 5.11 Å². The number of hydrogen-bond donors (Lipinski definition) is 1. The first kappa shape index (κ1) is 10.5. The number of thiophene rings is 1. The van der Waals surface area contributed by atoms with Gasteiger partial charge in [0.15, 0.2) is 0 Å². The van der Waals surface area contributed by atoms with Gasteiger partial charge in [0.1, 0.15) is 0 Å². The maximum absolute atomic E-state index is 10.3. The Kier molecular flexibility index (Phi) is 2.87. The molecule has 78 valence electrons. The van der Waals surface area contributed by atoms with Crippen molar-refractivity contribution in [3.63, 3.8) is 0 Å². The van der Waals surface area contributed by atoms with E-state index in [9.17, 15) is 5.11 Å². The Bertz CT molecular complexity index is 315. The first-order valence-corrected chi connectivity index (χ1v) is 6.24. The summed E-state index contributed by atoms with van der Waals surface area (Å²) in [5.41, 5.74) is -0.535. The van der Waals surface area contributed by atoms with Crippen LogP contribution >= 0.6 is 22.9 Å². The second kappa shape index (κ2) is 3.84. The van der Waals surface area contributed by atoms with E-state index in [0.717, 1.165) is 10.8 Å². The lowest BCUT2D eigenvalue weighted by Crippen LogP contribution is -2.40. The molecular formula is C11H15ClOS. The van der Waals surface area contributed by atoms with Crippen molar-refractivity contribution in [1.29, 1.82) is 0 Å². The summed E-state index contributed by atoms with van der Waals surface area (Å²) in [5, 5.41) is 10.3. The van der Waals surface area contributed by atoms with E-state index in [2.05, 4.69) is 0 Å². The van der Waals surface area contributed by atoms with Gasteiger partial charge >= 0.3 is 0 Å². The molecular weight excluding hydrogens is 216 g/mol. The third-order valence-electron chi connectivity index (χ3n) is 3.15. The smallest absolute Gasteiger partial charge is 0.0931 e. The monoisotopic (exact) mass is 230 g/mol. The first-order chi connectivity index (χ1) is 6.58. The largest absolute Gasteiger partial charge is 0.390 e. The summed E-state index contributed by atoms with van der Waals surface area (Å²) >= 11 is 7.43. The second-order valence-electron chi connectivity index (χ2n) is 4.37. The molecule has 1 aromatic heterocycles. The molecule has 1 fully saturated rings. The zero-order valence-electron chi connectivity index (χ0n) is 8.29. The van der Waals surface area contributed by atoms with Crippen LogP contribution in [0.2, 0.25) is 4.34 Å². The molecule has 1 aliphatic carbocycles. The van der Waals surface area contributed by atoms with Gasteiger partial charge in [-0.3, -0.25) is 0 Å². The van der Waals surface area contributed by atoms with Crippen LogP contribution < -0.4 is 0 Å². The standard InChI is InChI=1S/C11H15ClOS/c1-11(13,8-3-2-4-8)7-9-5-6-10(12)14-9/h5-6,8,13H,2-4,7H2,1H3. The van der Waals surface area contributed by atoms with E-state index in [0.29, 0.717) is 5.92 Å². The Morgan fingerprint density at radius 3 is 2.71 bits per heavy atom. The molecule has 1 aliphatic rings. The topological polar surface area (TPSA) is 20.2 Å². The first-order valence-electron chi connectivity index (χ1n) is 5.04. The van der Waals surface area contributed by atoms with E-state index >= 15 is 0 Å². The minimum absolute atomic E-state index is 0.489. The van der Waals surface area contributed by atoms with Crippen molar-refractivity contribution in [2.75, 3.05) is 0 Å². The highest BCUT2D eigenvalue weighted by atomic mass is 35.5. The van der Waals surface area contributed by atoms with Crippen molar-refractivity contribution in [3.05, 3.63) is 21.3 Å². The van der Waals surface area contributed by atoms with Gasteiger partial charge in [0.25, 0.3) is 0 Å². The molecule has 1 atom stereocenters. The normalized spacial score (nSPS) is 21.6. The van der Waals surface area contributed by atoms with Crippen molar-refractivity contribution in [2.24, 2.45) is 5.92 Å². The number of halogens is 1. The van der Waals surface area contributed by atoms with Crippen molar-refractivity contribution in [1.82, 2.24) is 0 Å². The molecule has 1 aromatic rings. The summed E-state index contributed by atoms with van der Waals surface area (Å²) in [6.45, 7) is 1.95. The number of aliphatic hydroxyl groups is 1. The van der Waals surface area contributed by atoms with Crippen LogP contribution in [0.25, 0.3) is 0 Å². The van der Waals surface area contributed by atoms with Crippen molar-refractivity contribution >= 4 is 22.9 Å². The van der Waals surface area contributed by atoms with Crippen molar-refractivity contribution in [2.45, 2.75) is 38.2 Å². The summed E-state index contributed by atoms with van der Waals surface area (Å²) in [7, 11) is 0. The van der Waals surface area contributed by atoms with Crippen LogP contribution in [-0.4, -0.2) is 10.7 Å². The third kappa shape index (κ3) is 2.13. The summed E-state index contributed by atoms with van der Waals surface area (Å²) in [5.74, 6) is 0.489. The molecule has 2 rings (SSSR count). The van der Waals surface area contributed by atoms with Gasteiger partial charge in [-0.25, -0.2) is 0 Å². The van der Waals surface area contributed by atoms with Crippen LogP contribution in [0.4, 0.5) is 0 Å². The van der Waals surface area contributed by atoms with Gasteiger partial charge in [0.2, 0.25) is 0 Å². The predicted octanol–water partition coefficient (Wildman–Crippen LogP) is 3.50. The molecule has 14 heavy (non-hydrogen) atoms. The van der Waals surface area contributed by atoms with Crippen LogP contribution in [-0.2, 0) is 6.42 Å². The van der Waals surface area contributed by atoms with Crippen LogP contribution in [0.5, 0.6) is 0 Å². The minimum Gasteiger partial charge on any atom is -0.390 e. The van der Waals surface area contributed by atoms with E-state index in [1.807, 2.05) is 19.1 Å². The molecule has 1 heterocycles. The third-order valence-corrected chi connectivity index (χ3v) is 4.38. The average molecular weight is 231 g/mol. The SMILES string of the molecule is CC(O)(Cc1ccc(Cl)s1)C1CCC1. The highest BCUT2D eigenvalue weighted by Gasteiger charge is 2.36. The van der Waals surface area contributed by atoms with E-state index in [4.69, 9.17) is 11.6 Å². The van der Waals surface area contributed by atoms with Gasteiger partial charge in [0, 0.05) is 11.3 Å². The minimum atomic E-state index is -0.535. The van der Waals surface area contributed by atoms with Gasteiger partial charge in [-0.2, -0.15) is 0 Å². The lowest BCUT2D eigenvalue weighted by atomic mass is 9.72. The van der Waals surface area contributed by atoms with Gasteiger partial charge in [-0.15, -0.1) is 11.3 Å². The molecule has 3 heteroatoms. The molecule has 0 aliphatic heterocycles. The van der Waals surface area contributed by atoms with Crippen LogP contribution in [0.3, 0.4) is 0 Å². The maximum Gasteiger partial charge on any atom is 0.0931 e. The Balaban J connectivity index is 2.01. The Labute approximate surface area is 93.7 Å². The van der Waals surface area contributed by atoms with Crippen LogP contribution in [0.15, 0.2) is 12.1 Å². The van der Waals surface area contributed by atoms with Gasteiger partial charge in [-0.05, 0) is 37.8 Å². The van der Waals surface area contributed by atoms with E-state index in [-0.39, 0.29) is 0 Å². The summed E-state index contributed by atoms with van der Waals surface area (Å²) in [6.07, 6.45) is 4.36. The quantitative estimate of drug-likeness (QED) is 0.843. The van der Waals surface area contributed by atoms with E-state index in [1.165, 1.54) is 24.1 Å². The highest BCUT2D eigenvalue weighted by Crippen LogP contribution is 2.39. The van der Waals surface area contributed by atoms with Gasteiger partial charge in [0.05, 0.1) is 9.94 Å². The van der Waals surface area contributed by atoms with Crippen molar-refractivity contribution in [3.8, 4) is 0 Å². The fraction of sp³-hybridized carbons (Fsp3) is 0.636. The molecule has 1 nitrogen and oxygen atoms in total. The number of rotatable bonds is 3. The summed E-state index contributed by atoms with van der Waals surface area (Å²) < 4.78 is 0.810. The molecule has 1 saturated carbocycles. The molecule has 1 N–H and O–H groups in total. The van der Waals surface area contributed by atoms with Crippen LogP contribution in [0, 0.1) is 5.92 Å². The molecule has 0 radical (unpaired) electrons. The molecule has 1 unspecified atom stereocenters. The number of hydrogen-bond acceptors (Lipinski definition) is 2. The zero-order chi connectivity index (χ0) is 10.2. The zero-order valence-corrected chi connectivity index (χ0v) is 9.87. The molecule has 0 spiro atoms. The van der Waals surface area contributed by atoms with E-state index in [1.54, 1.807) is 11.3 Å². The fourth-order valence-electron chi connectivity index (χ4n) is 1.97. The Hall–Kier alpha value is -0.0500. The maximum atomic E-state index is 10.3. The molecule has 0 bridgehead atoms. The fourth-order valence-corrected chi connectivity index (χ4v) is 3.22. The molecule has 0 aromatic carbocycles. The lowest BCUT2D eigenvalue weighted by Gasteiger charge is -2.38. The van der Waals surface area contributed by atoms with Crippen molar-refractivity contribution < 1.29 is 5.11 Å². The average Bonchev–Trinajstić information content (AvgIpc) is 2.28. The van der Waals surface area contributed by atoms with E-state index < -0.39 is 5.60 Å². The predicted molar refractivity (Wildman–Crippen MR) is 61.0 cm³/mol. The van der Waals surface area contributed by atoms with Crippen LogP contribution in [0.1, 0.15) is 31.1 Å².